The highest BCUT2D eigenvalue weighted by molar-refractivity contribution is 9.10. The van der Waals surface area contributed by atoms with Crippen molar-refractivity contribution in [2.24, 2.45) is 5.92 Å². The van der Waals surface area contributed by atoms with E-state index in [9.17, 15) is 28.4 Å². The van der Waals surface area contributed by atoms with Crippen LogP contribution in [-0.4, -0.2) is 55.6 Å². The number of hydrogen-bond acceptors (Lipinski definition) is 7. The molecular weight excluding hydrogens is 490 g/mol. The van der Waals surface area contributed by atoms with Crippen LogP contribution in [0, 0.1) is 11.7 Å². The normalized spacial score (nSPS) is 15.8. The van der Waals surface area contributed by atoms with Crippen LogP contribution in [0.2, 0.25) is 0 Å². The van der Waals surface area contributed by atoms with Gasteiger partial charge in [0.1, 0.15) is 18.4 Å². The van der Waals surface area contributed by atoms with Crippen molar-refractivity contribution in [2.75, 3.05) is 6.54 Å². The zero-order valence-corrected chi connectivity index (χ0v) is 19.1. The van der Waals surface area contributed by atoms with Gasteiger partial charge in [-0.1, -0.05) is 29.8 Å². The zero-order valence-electron chi connectivity index (χ0n) is 17.6. The average Bonchev–Trinajstić information content (AvgIpc) is 3.04. The molecule has 0 spiro atoms. The molecule has 1 aliphatic rings. The molecule has 1 aliphatic heterocycles. The Bertz CT molecular complexity index is 889. The minimum absolute atomic E-state index is 0.0556. The van der Waals surface area contributed by atoms with Gasteiger partial charge in [-0.2, -0.15) is 0 Å². The molecule has 0 radical (unpaired) electrons. The van der Waals surface area contributed by atoms with Gasteiger partial charge in [0.05, 0.1) is 18.0 Å². The highest BCUT2D eigenvalue weighted by Crippen LogP contribution is 2.30. The summed E-state index contributed by atoms with van der Waals surface area (Å²) in [6.07, 6.45) is 0.533. The molecule has 1 atom stereocenters. The molecular formula is C20H23BBrFN2O7. The Morgan fingerprint density at radius 1 is 1.25 bits per heavy atom. The molecule has 1 fully saturated rings. The molecule has 0 aliphatic carbocycles. The summed E-state index contributed by atoms with van der Waals surface area (Å²) >= 11 is 3.15. The topological polar surface area (TPSA) is 128 Å². The van der Waals surface area contributed by atoms with Crippen LogP contribution >= 0.6 is 15.9 Å². The van der Waals surface area contributed by atoms with Crippen molar-refractivity contribution in [3.8, 4) is 0 Å². The minimum atomic E-state index is -1.72. The van der Waals surface area contributed by atoms with E-state index >= 15 is 0 Å². The van der Waals surface area contributed by atoms with E-state index in [4.69, 9.17) is 9.31 Å². The van der Waals surface area contributed by atoms with Crippen molar-refractivity contribution in [3.63, 3.8) is 0 Å². The van der Waals surface area contributed by atoms with Crippen molar-refractivity contribution in [3.05, 3.63) is 34.1 Å². The van der Waals surface area contributed by atoms with E-state index in [0.29, 0.717) is 23.5 Å². The molecule has 9 nitrogen and oxygen atoms in total. The zero-order chi connectivity index (χ0) is 23.9. The van der Waals surface area contributed by atoms with Crippen molar-refractivity contribution in [1.82, 2.24) is 10.6 Å². The first kappa shape index (κ1) is 25.7. The number of hydrogen-bond donors (Lipinski definition) is 2. The number of carbonyl (C=O) groups is 5. The van der Waals surface area contributed by atoms with Gasteiger partial charge in [-0.15, -0.1) is 0 Å². The highest BCUT2D eigenvalue weighted by Gasteiger charge is 2.55. The van der Waals surface area contributed by atoms with Crippen LogP contribution in [0.15, 0.2) is 22.7 Å². The SMILES string of the molecule is CC(C)C[C@H](NC(=O)CNC(=O)c1cc(Br)ccc1F)B1OC(=O)C(CC=O)(CC=O)O1. The van der Waals surface area contributed by atoms with Crippen LogP contribution < -0.4 is 10.6 Å². The molecule has 1 aromatic rings. The minimum Gasteiger partial charge on any atom is -0.506 e. The van der Waals surface area contributed by atoms with Gasteiger partial charge in [0.15, 0.2) is 5.60 Å². The summed E-state index contributed by atoms with van der Waals surface area (Å²) in [5.74, 6) is -3.74. The molecule has 2 rings (SSSR count). The Hall–Kier alpha value is -2.60. The van der Waals surface area contributed by atoms with Crippen LogP contribution in [0.1, 0.15) is 43.5 Å². The Kier molecular flexibility index (Phi) is 9.08. The first-order valence-electron chi connectivity index (χ1n) is 9.90. The van der Waals surface area contributed by atoms with Gasteiger partial charge in [0, 0.05) is 17.3 Å². The van der Waals surface area contributed by atoms with E-state index in [2.05, 4.69) is 26.6 Å². The molecule has 1 aromatic carbocycles. The van der Waals surface area contributed by atoms with Crippen molar-refractivity contribution in [2.45, 2.75) is 44.7 Å². The smallest absolute Gasteiger partial charge is 0.506 e. The molecule has 32 heavy (non-hydrogen) atoms. The van der Waals surface area contributed by atoms with Gasteiger partial charge in [0.25, 0.3) is 5.91 Å². The van der Waals surface area contributed by atoms with Crippen LogP contribution in [0.25, 0.3) is 0 Å². The standard InChI is InChI=1S/C20H23BBrFN2O7/c1-12(2)9-16(21-31-19(30)20(32-21,5-7-26)6-8-27)25-17(28)11-24-18(29)14-10-13(22)3-4-15(14)23/h3-4,7-8,10,12,16H,5-6,9,11H2,1-2H3,(H,24,29)(H,25,28)/t16-/m0/s1. The summed E-state index contributed by atoms with van der Waals surface area (Å²) < 4.78 is 25.2. The molecule has 2 N–H and O–H groups in total. The van der Waals surface area contributed by atoms with Crippen LogP contribution in [0.5, 0.6) is 0 Å². The van der Waals surface area contributed by atoms with E-state index < -0.39 is 48.8 Å². The number of amides is 2. The Balaban J connectivity index is 2.05. The lowest BCUT2D eigenvalue weighted by Gasteiger charge is -2.24. The first-order valence-corrected chi connectivity index (χ1v) is 10.7. The lowest BCUT2D eigenvalue weighted by molar-refractivity contribution is -0.146. The van der Waals surface area contributed by atoms with Gasteiger partial charge in [-0.25, -0.2) is 4.39 Å². The van der Waals surface area contributed by atoms with Crippen molar-refractivity contribution in [1.29, 1.82) is 0 Å². The Labute approximate surface area is 193 Å². The Morgan fingerprint density at radius 3 is 2.50 bits per heavy atom. The van der Waals surface area contributed by atoms with E-state index in [1.165, 1.54) is 12.1 Å². The van der Waals surface area contributed by atoms with Crippen LogP contribution in [-0.2, 0) is 28.5 Å². The first-order chi connectivity index (χ1) is 15.1. The van der Waals surface area contributed by atoms with Gasteiger partial charge in [-0.05, 0) is 30.5 Å². The predicted octanol–water partition coefficient (Wildman–Crippen LogP) is 1.37. The van der Waals surface area contributed by atoms with E-state index in [0.717, 1.165) is 6.07 Å². The van der Waals surface area contributed by atoms with Gasteiger partial charge >= 0.3 is 13.1 Å². The predicted molar refractivity (Wildman–Crippen MR) is 115 cm³/mol. The fourth-order valence-electron chi connectivity index (χ4n) is 3.22. The van der Waals surface area contributed by atoms with Crippen LogP contribution in [0.3, 0.4) is 0 Å². The van der Waals surface area contributed by atoms with Crippen LogP contribution in [0.4, 0.5) is 4.39 Å². The molecule has 0 bridgehead atoms. The third-order valence-corrected chi connectivity index (χ3v) is 5.24. The quantitative estimate of drug-likeness (QED) is 0.338. The van der Waals surface area contributed by atoms with Gasteiger partial charge < -0.3 is 29.5 Å². The molecule has 1 heterocycles. The summed E-state index contributed by atoms with van der Waals surface area (Å²) in [6.45, 7) is 3.28. The number of halogens is 2. The lowest BCUT2D eigenvalue weighted by Crippen LogP contribution is -2.51. The van der Waals surface area contributed by atoms with Gasteiger partial charge in [-0.3, -0.25) is 14.4 Å². The Morgan fingerprint density at radius 2 is 1.91 bits per heavy atom. The third-order valence-electron chi connectivity index (χ3n) is 4.75. The maximum atomic E-state index is 13.8. The summed E-state index contributed by atoms with van der Waals surface area (Å²) in [5, 5.41) is 4.96. The van der Waals surface area contributed by atoms with Crippen molar-refractivity contribution >= 4 is 53.4 Å². The second-order valence-corrected chi connectivity index (χ2v) is 8.65. The number of carbonyl (C=O) groups excluding carboxylic acids is 5. The van der Waals surface area contributed by atoms with Crippen molar-refractivity contribution < 1.29 is 37.7 Å². The van der Waals surface area contributed by atoms with E-state index in [1.807, 2.05) is 13.8 Å². The highest BCUT2D eigenvalue weighted by atomic mass is 79.9. The number of benzene rings is 1. The van der Waals surface area contributed by atoms with E-state index in [1.54, 1.807) is 0 Å². The second kappa shape index (κ2) is 11.3. The molecule has 2 amide bonds. The third kappa shape index (κ3) is 6.46. The number of rotatable bonds is 11. The molecule has 0 unspecified atom stereocenters. The van der Waals surface area contributed by atoms with E-state index in [-0.39, 0.29) is 24.3 Å². The maximum Gasteiger partial charge on any atom is 0.552 e. The summed E-state index contributed by atoms with van der Waals surface area (Å²) in [5.41, 5.74) is -1.95. The molecule has 12 heteroatoms. The average molecular weight is 513 g/mol. The maximum absolute atomic E-state index is 13.8. The summed E-state index contributed by atoms with van der Waals surface area (Å²) in [6, 6.07) is 3.84. The fourth-order valence-corrected chi connectivity index (χ4v) is 3.58. The monoisotopic (exact) mass is 512 g/mol. The molecule has 1 saturated heterocycles. The molecule has 0 aromatic heterocycles. The summed E-state index contributed by atoms with van der Waals surface area (Å²) in [4.78, 5) is 58.9. The van der Waals surface area contributed by atoms with Gasteiger partial charge in [0.2, 0.25) is 5.91 Å². The number of nitrogens with one attached hydrogen (secondary N) is 2. The molecule has 172 valence electrons. The number of aldehydes is 2. The summed E-state index contributed by atoms with van der Waals surface area (Å²) in [7, 11) is -1.22. The molecule has 0 saturated carbocycles. The lowest BCUT2D eigenvalue weighted by atomic mass is 9.74. The second-order valence-electron chi connectivity index (χ2n) is 7.74. The largest absolute Gasteiger partial charge is 0.552 e. The fraction of sp³-hybridized carbons (Fsp3) is 0.450.